The van der Waals surface area contributed by atoms with E-state index in [-0.39, 0.29) is 0 Å². The molecule has 0 atom stereocenters. The molecule has 1 nitrogen and oxygen atoms in total. The highest BCUT2D eigenvalue weighted by Gasteiger charge is 2.03. The molecule has 0 bridgehead atoms. The monoisotopic (exact) mass is 506 g/mol. The first kappa shape index (κ1) is 35.7. The Balaban J connectivity index is 3.37. The van der Waals surface area contributed by atoms with Crippen molar-refractivity contribution in [2.24, 2.45) is 0 Å². The molecule has 0 saturated heterocycles. The summed E-state index contributed by atoms with van der Waals surface area (Å²) in [6, 6.07) is 0. The van der Waals surface area contributed by atoms with Gasteiger partial charge in [0.25, 0.3) is 0 Å². The van der Waals surface area contributed by atoms with Crippen LogP contribution in [0.3, 0.4) is 0 Å². The van der Waals surface area contributed by atoms with Crippen LogP contribution in [0.15, 0.2) is 12.7 Å². The van der Waals surface area contributed by atoms with Crippen molar-refractivity contribution in [1.82, 2.24) is 4.90 Å². The largest absolute Gasteiger partial charge is 0.300 e. The first-order valence-electron chi connectivity index (χ1n) is 17.2. The third-order valence-corrected chi connectivity index (χ3v) is 8.04. The van der Waals surface area contributed by atoms with Crippen LogP contribution < -0.4 is 0 Å². The molecule has 0 rings (SSSR count). The molecule has 0 aliphatic rings. The second kappa shape index (κ2) is 32.7. The molecule has 0 spiro atoms. The van der Waals surface area contributed by atoms with Gasteiger partial charge >= 0.3 is 0 Å². The molecule has 0 heterocycles. The van der Waals surface area contributed by atoms with Gasteiger partial charge < -0.3 is 0 Å². The van der Waals surface area contributed by atoms with E-state index in [1.165, 1.54) is 193 Å². The van der Waals surface area contributed by atoms with Crippen molar-refractivity contribution >= 4 is 0 Å². The Morgan fingerprint density at radius 3 is 0.806 bits per heavy atom. The predicted molar refractivity (Wildman–Crippen MR) is 167 cm³/mol. The van der Waals surface area contributed by atoms with Crippen LogP contribution in [0.1, 0.15) is 194 Å². The number of hydrogen-bond acceptors (Lipinski definition) is 1. The Morgan fingerprint density at radius 1 is 0.361 bits per heavy atom. The van der Waals surface area contributed by atoms with Crippen LogP contribution >= 0.6 is 0 Å². The summed E-state index contributed by atoms with van der Waals surface area (Å²) in [6.45, 7) is 12.2. The van der Waals surface area contributed by atoms with Crippen LogP contribution in [0.25, 0.3) is 0 Å². The molecule has 0 aliphatic heterocycles. The van der Waals surface area contributed by atoms with Gasteiger partial charge in [-0.15, -0.1) is 6.58 Å². The maximum absolute atomic E-state index is 3.99. The smallest absolute Gasteiger partial charge is 0.0160 e. The van der Waals surface area contributed by atoms with Crippen molar-refractivity contribution in [2.75, 3.05) is 19.6 Å². The van der Waals surface area contributed by atoms with Crippen molar-refractivity contribution in [3.05, 3.63) is 12.7 Å². The van der Waals surface area contributed by atoms with Crippen molar-refractivity contribution in [1.29, 1.82) is 0 Å². The maximum atomic E-state index is 3.99. The molecule has 0 unspecified atom stereocenters. The molecule has 0 fully saturated rings. The highest BCUT2D eigenvalue weighted by atomic mass is 15.1. The van der Waals surface area contributed by atoms with Crippen molar-refractivity contribution in [2.45, 2.75) is 194 Å². The molecule has 0 aromatic carbocycles. The summed E-state index contributed by atoms with van der Waals surface area (Å²) in [4.78, 5) is 2.65. The number of rotatable bonds is 32. The average molecular weight is 506 g/mol. The highest BCUT2D eigenvalue weighted by Crippen LogP contribution is 2.15. The number of hydrogen-bond donors (Lipinski definition) is 0. The van der Waals surface area contributed by atoms with Crippen LogP contribution in [-0.4, -0.2) is 24.5 Å². The van der Waals surface area contributed by atoms with E-state index in [2.05, 4.69) is 31.4 Å². The van der Waals surface area contributed by atoms with E-state index in [1.54, 1.807) is 0 Å². The molecule has 0 N–H and O–H groups in total. The van der Waals surface area contributed by atoms with Gasteiger partial charge in [0.15, 0.2) is 0 Å². The van der Waals surface area contributed by atoms with E-state index in [9.17, 15) is 0 Å². The summed E-state index contributed by atoms with van der Waals surface area (Å²) in [5, 5.41) is 0. The summed E-state index contributed by atoms with van der Waals surface area (Å²) in [7, 11) is 0. The summed E-state index contributed by atoms with van der Waals surface area (Å²) in [5.74, 6) is 0. The van der Waals surface area contributed by atoms with Gasteiger partial charge in [0.1, 0.15) is 0 Å². The molecule has 1 heteroatoms. The lowest BCUT2D eigenvalue weighted by atomic mass is 10.0. The fourth-order valence-electron chi connectivity index (χ4n) is 5.54. The second-order valence-corrected chi connectivity index (χ2v) is 11.8. The normalized spacial score (nSPS) is 11.5. The lowest BCUT2D eigenvalue weighted by Gasteiger charge is -2.20. The zero-order valence-corrected chi connectivity index (χ0v) is 25.7. The minimum absolute atomic E-state index is 1.08. The van der Waals surface area contributed by atoms with E-state index in [4.69, 9.17) is 0 Å². The molecule has 0 aliphatic carbocycles. The van der Waals surface area contributed by atoms with Gasteiger partial charge in [-0.2, -0.15) is 0 Å². The Kier molecular flexibility index (Phi) is 32.5. The lowest BCUT2D eigenvalue weighted by Crippen LogP contribution is -2.26. The third-order valence-electron chi connectivity index (χ3n) is 8.04. The molecule has 0 aromatic heterocycles. The van der Waals surface area contributed by atoms with E-state index < -0.39 is 0 Å². The van der Waals surface area contributed by atoms with Gasteiger partial charge in [0, 0.05) is 6.54 Å². The SMILES string of the molecule is C=CCN(CCCCCCCCCCCCCCCC)CCCCCCCCCCCCCCCC. The molecular weight excluding hydrogens is 434 g/mol. The topological polar surface area (TPSA) is 3.24 Å². The van der Waals surface area contributed by atoms with Crippen molar-refractivity contribution < 1.29 is 0 Å². The highest BCUT2D eigenvalue weighted by molar-refractivity contribution is 4.73. The summed E-state index contributed by atoms with van der Waals surface area (Å²) in [6.07, 6.45) is 42.6. The lowest BCUT2D eigenvalue weighted by molar-refractivity contribution is 0.286. The summed E-state index contributed by atoms with van der Waals surface area (Å²) >= 11 is 0. The molecule has 36 heavy (non-hydrogen) atoms. The first-order valence-corrected chi connectivity index (χ1v) is 17.2. The fourth-order valence-corrected chi connectivity index (χ4v) is 5.54. The van der Waals surface area contributed by atoms with Crippen LogP contribution in [0.4, 0.5) is 0 Å². The third kappa shape index (κ3) is 29.9. The van der Waals surface area contributed by atoms with E-state index in [0.29, 0.717) is 0 Å². The van der Waals surface area contributed by atoms with Crippen molar-refractivity contribution in [3.63, 3.8) is 0 Å². The zero-order valence-electron chi connectivity index (χ0n) is 25.7. The first-order chi connectivity index (χ1) is 17.8. The van der Waals surface area contributed by atoms with Gasteiger partial charge in [0.05, 0.1) is 0 Å². The zero-order chi connectivity index (χ0) is 26.2. The Bertz CT molecular complexity index is 358. The molecular formula is C35H71N. The molecule has 0 radical (unpaired) electrons. The van der Waals surface area contributed by atoms with Gasteiger partial charge in [0.2, 0.25) is 0 Å². The van der Waals surface area contributed by atoms with Gasteiger partial charge in [-0.3, -0.25) is 4.90 Å². The number of nitrogens with zero attached hydrogens (tertiary/aromatic N) is 1. The minimum atomic E-state index is 1.08. The van der Waals surface area contributed by atoms with E-state index >= 15 is 0 Å². The van der Waals surface area contributed by atoms with Crippen LogP contribution in [0, 0.1) is 0 Å². The predicted octanol–water partition coefficient (Wildman–Crippen LogP) is 12.4. The Labute approximate surface area is 230 Å². The van der Waals surface area contributed by atoms with Crippen molar-refractivity contribution in [3.8, 4) is 0 Å². The van der Waals surface area contributed by atoms with Gasteiger partial charge in [-0.25, -0.2) is 0 Å². The molecule has 0 aromatic rings. The molecule has 0 saturated carbocycles. The van der Waals surface area contributed by atoms with Gasteiger partial charge in [-0.05, 0) is 25.9 Å². The van der Waals surface area contributed by atoms with Crippen LogP contribution in [0.5, 0.6) is 0 Å². The van der Waals surface area contributed by atoms with Crippen LogP contribution in [-0.2, 0) is 0 Å². The minimum Gasteiger partial charge on any atom is -0.300 e. The second-order valence-electron chi connectivity index (χ2n) is 11.8. The van der Waals surface area contributed by atoms with E-state index in [1.807, 2.05) is 0 Å². The summed E-state index contributed by atoms with van der Waals surface area (Å²) < 4.78 is 0. The Morgan fingerprint density at radius 2 is 0.583 bits per heavy atom. The maximum Gasteiger partial charge on any atom is 0.0160 e. The molecule has 0 amide bonds. The molecule has 216 valence electrons. The quantitative estimate of drug-likeness (QED) is 0.0648. The van der Waals surface area contributed by atoms with Crippen LogP contribution in [0.2, 0.25) is 0 Å². The van der Waals surface area contributed by atoms with E-state index in [0.717, 1.165) is 6.54 Å². The Hall–Kier alpha value is -0.300. The summed E-state index contributed by atoms with van der Waals surface area (Å²) in [5.41, 5.74) is 0. The fraction of sp³-hybridized carbons (Fsp3) is 0.943. The standard InChI is InChI=1S/C35H71N/c1-4-7-9-11-13-15-17-19-21-23-25-27-29-31-34-36(33-6-3)35-32-30-28-26-24-22-20-18-16-14-12-10-8-5-2/h6H,3-5,7-35H2,1-2H3. The number of unbranched alkanes of at least 4 members (excludes halogenated alkanes) is 26. The van der Waals surface area contributed by atoms with Gasteiger partial charge in [-0.1, -0.05) is 187 Å². The average Bonchev–Trinajstić information content (AvgIpc) is 2.89.